The normalized spacial score (nSPS) is 17.5. The zero-order valence-corrected chi connectivity index (χ0v) is 22.6. The Morgan fingerprint density at radius 3 is 2.50 bits per heavy atom. The minimum Gasteiger partial charge on any atom is -0.496 e. The molecule has 2 aromatic carbocycles. The molecule has 0 aliphatic carbocycles. The predicted octanol–water partition coefficient (Wildman–Crippen LogP) is 4.25. The average Bonchev–Trinajstić information content (AvgIpc) is 2.95. The highest BCUT2D eigenvalue weighted by molar-refractivity contribution is 5.79. The van der Waals surface area contributed by atoms with E-state index in [4.69, 9.17) is 18.9 Å². The number of pyridine rings is 1. The van der Waals surface area contributed by atoms with Crippen LogP contribution < -0.4 is 24.3 Å². The van der Waals surface area contributed by atoms with Gasteiger partial charge in [0.2, 0.25) is 5.91 Å². The maximum Gasteiger partial charge on any atom is 0.224 e. The van der Waals surface area contributed by atoms with Crippen LogP contribution in [0.1, 0.15) is 23.2 Å². The second-order valence-corrected chi connectivity index (χ2v) is 9.66. The van der Waals surface area contributed by atoms with Crippen LogP contribution in [0.15, 0.2) is 60.8 Å². The van der Waals surface area contributed by atoms with Crippen LogP contribution in [0.25, 0.3) is 0 Å². The topological polar surface area (TPSA) is 82.2 Å². The zero-order chi connectivity index (χ0) is 26.9. The third-order valence-electron chi connectivity index (χ3n) is 6.85. The van der Waals surface area contributed by atoms with Gasteiger partial charge < -0.3 is 24.3 Å². The molecule has 1 saturated heterocycles. The van der Waals surface area contributed by atoms with E-state index in [1.165, 1.54) is 0 Å². The molecule has 202 valence electrons. The largest absolute Gasteiger partial charge is 0.496 e. The summed E-state index contributed by atoms with van der Waals surface area (Å²) in [5.41, 5.74) is 3.00. The molecule has 0 spiro atoms. The lowest BCUT2D eigenvalue weighted by Crippen LogP contribution is -2.47. The van der Waals surface area contributed by atoms with Crippen LogP contribution in [0.5, 0.6) is 23.0 Å². The van der Waals surface area contributed by atoms with E-state index in [-0.39, 0.29) is 17.7 Å². The fraction of sp³-hybridized carbons (Fsp3) is 0.400. The van der Waals surface area contributed by atoms with Crippen LogP contribution in [0.2, 0.25) is 0 Å². The van der Waals surface area contributed by atoms with Gasteiger partial charge in [0.05, 0.1) is 40.1 Å². The SMILES string of the molecule is COc1ccccc1CNC(=O)[C@@H]1C[C@H](COc2ccc(C)nc2)CN(Cc2ccc(OC)c(OC)c2)C1. The fourth-order valence-corrected chi connectivity index (χ4v) is 4.91. The van der Waals surface area contributed by atoms with Crippen molar-refractivity contribution in [2.75, 3.05) is 41.0 Å². The van der Waals surface area contributed by atoms with Crippen molar-refractivity contribution >= 4 is 5.91 Å². The Hall–Kier alpha value is -3.78. The van der Waals surface area contributed by atoms with Crippen molar-refractivity contribution < 1.29 is 23.7 Å². The van der Waals surface area contributed by atoms with Gasteiger partial charge in [0.15, 0.2) is 11.5 Å². The van der Waals surface area contributed by atoms with Crippen molar-refractivity contribution in [3.05, 3.63) is 77.6 Å². The second-order valence-electron chi connectivity index (χ2n) is 9.66. The molecule has 0 bridgehead atoms. The van der Waals surface area contributed by atoms with Gasteiger partial charge in [-0.1, -0.05) is 24.3 Å². The first kappa shape index (κ1) is 27.3. The van der Waals surface area contributed by atoms with Gasteiger partial charge in [0.1, 0.15) is 11.5 Å². The number of para-hydroxylation sites is 1. The summed E-state index contributed by atoms with van der Waals surface area (Å²) in [6.45, 7) is 5.07. The van der Waals surface area contributed by atoms with Crippen LogP contribution in [-0.4, -0.2) is 56.8 Å². The van der Waals surface area contributed by atoms with Gasteiger partial charge in [0.25, 0.3) is 0 Å². The Morgan fingerprint density at radius 1 is 0.974 bits per heavy atom. The number of aromatic nitrogens is 1. The number of benzene rings is 2. The number of ether oxygens (including phenoxy) is 4. The van der Waals surface area contributed by atoms with Gasteiger partial charge in [-0.25, -0.2) is 0 Å². The third-order valence-corrected chi connectivity index (χ3v) is 6.85. The minimum atomic E-state index is -0.164. The lowest BCUT2D eigenvalue weighted by atomic mass is 9.88. The lowest BCUT2D eigenvalue weighted by molar-refractivity contribution is -0.128. The van der Waals surface area contributed by atoms with Crippen LogP contribution >= 0.6 is 0 Å². The highest BCUT2D eigenvalue weighted by Crippen LogP contribution is 2.30. The van der Waals surface area contributed by atoms with Crippen molar-refractivity contribution in [2.24, 2.45) is 11.8 Å². The number of aryl methyl sites for hydroxylation is 1. The summed E-state index contributed by atoms with van der Waals surface area (Å²) in [6, 6.07) is 17.6. The molecule has 8 nitrogen and oxygen atoms in total. The average molecular weight is 520 g/mol. The van der Waals surface area contributed by atoms with Crippen molar-refractivity contribution in [1.29, 1.82) is 0 Å². The predicted molar refractivity (Wildman–Crippen MR) is 146 cm³/mol. The smallest absolute Gasteiger partial charge is 0.224 e. The quantitative estimate of drug-likeness (QED) is 0.406. The Bertz CT molecular complexity index is 1200. The molecule has 1 aromatic heterocycles. The molecule has 1 N–H and O–H groups in total. The molecule has 38 heavy (non-hydrogen) atoms. The molecule has 1 aliphatic rings. The lowest BCUT2D eigenvalue weighted by Gasteiger charge is -2.37. The Labute approximate surface area is 224 Å². The summed E-state index contributed by atoms with van der Waals surface area (Å²) >= 11 is 0. The zero-order valence-electron chi connectivity index (χ0n) is 22.6. The standard InChI is InChI=1S/C30H37N3O5/c1-21-9-11-26(16-31-21)38-20-23-13-25(30(34)32-15-24-7-5-6-8-27(24)35-2)19-33(18-23)17-22-10-12-28(36-3)29(14-22)37-4/h5-12,14,16,23,25H,13,15,17-20H2,1-4H3,(H,32,34)/t23-,25+/m0/s1. The van der Waals surface area contributed by atoms with Crippen LogP contribution in [0.4, 0.5) is 0 Å². The molecule has 0 radical (unpaired) electrons. The Balaban J connectivity index is 1.45. The van der Waals surface area contributed by atoms with Gasteiger partial charge in [-0.15, -0.1) is 0 Å². The van der Waals surface area contributed by atoms with Gasteiger partial charge in [-0.3, -0.25) is 14.7 Å². The molecule has 0 unspecified atom stereocenters. The summed E-state index contributed by atoms with van der Waals surface area (Å²) < 4.78 is 22.4. The number of likely N-dealkylation sites (tertiary alicyclic amines) is 1. The minimum absolute atomic E-state index is 0.0370. The number of methoxy groups -OCH3 is 3. The van der Waals surface area contributed by atoms with Crippen molar-refractivity contribution in [3.8, 4) is 23.0 Å². The first-order chi connectivity index (χ1) is 18.5. The second kappa shape index (κ2) is 13.1. The fourth-order valence-electron chi connectivity index (χ4n) is 4.91. The number of nitrogens with zero attached hydrogens (tertiary/aromatic N) is 2. The van der Waals surface area contributed by atoms with Crippen LogP contribution in [0.3, 0.4) is 0 Å². The molecule has 3 aromatic rings. The summed E-state index contributed by atoms with van der Waals surface area (Å²) in [4.78, 5) is 20.0. The summed E-state index contributed by atoms with van der Waals surface area (Å²) in [6.07, 6.45) is 2.50. The maximum absolute atomic E-state index is 13.3. The number of nitrogens with one attached hydrogen (secondary N) is 1. The summed E-state index contributed by atoms with van der Waals surface area (Å²) in [5.74, 6) is 2.96. The molecule has 4 rings (SSSR count). The van der Waals surface area contributed by atoms with Crippen LogP contribution in [-0.2, 0) is 17.9 Å². The van der Waals surface area contributed by atoms with Crippen molar-refractivity contribution in [2.45, 2.75) is 26.4 Å². The molecule has 0 saturated carbocycles. The third kappa shape index (κ3) is 7.16. The molecule has 1 aliphatic heterocycles. The Kier molecular flexibility index (Phi) is 9.43. The maximum atomic E-state index is 13.3. The molecule has 1 fully saturated rings. The number of hydrogen-bond acceptors (Lipinski definition) is 7. The Morgan fingerprint density at radius 2 is 1.76 bits per heavy atom. The van der Waals surface area contributed by atoms with Crippen LogP contribution in [0, 0.1) is 18.8 Å². The number of amides is 1. The molecular formula is C30H37N3O5. The van der Waals surface area contributed by atoms with Crippen molar-refractivity contribution in [1.82, 2.24) is 15.2 Å². The highest BCUT2D eigenvalue weighted by atomic mass is 16.5. The first-order valence-corrected chi connectivity index (χ1v) is 12.9. The van der Waals surface area contributed by atoms with E-state index in [0.29, 0.717) is 37.7 Å². The number of piperidine rings is 1. The van der Waals surface area contributed by atoms with Gasteiger partial charge >= 0.3 is 0 Å². The molecule has 8 heteroatoms. The number of rotatable bonds is 11. The number of carbonyl (C=O) groups is 1. The van der Waals surface area contributed by atoms with Crippen molar-refractivity contribution in [3.63, 3.8) is 0 Å². The molecule has 1 amide bonds. The summed E-state index contributed by atoms with van der Waals surface area (Å²) in [7, 11) is 4.91. The van der Waals surface area contributed by atoms with E-state index in [1.54, 1.807) is 27.5 Å². The first-order valence-electron chi connectivity index (χ1n) is 12.9. The highest BCUT2D eigenvalue weighted by Gasteiger charge is 2.32. The van der Waals surface area contributed by atoms with Gasteiger partial charge in [0, 0.05) is 43.4 Å². The number of hydrogen-bond donors (Lipinski definition) is 1. The van der Waals surface area contributed by atoms with E-state index in [1.807, 2.05) is 61.5 Å². The summed E-state index contributed by atoms with van der Waals surface area (Å²) in [5, 5.41) is 3.13. The molecular weight excluding hydrogens is 482 g/mol. The van der Waals surface area contributed by atoms with E-state index in [0.717, 1.165) is 41.3 Å². The number of carbonyl (C=O) groups excluding carboxylic acids is 1. The van der Waals surface area contributed by atoms with Gasteiger partial charge in [-0.05, 0) is 49.2 Å². The molecule has 2 atom stereocenters. The van der Waals surface area contributed by atoms with E-state index >= 15 is 0 Å². The van der Waals surface area contributed by atoms with E-state index in [9.17, 15) is 4.79 Å². The molecule has 2 heterocycles. The van der Waals surface area contributed by atoms with E-state index < -0.39 is 0 Å². The van der Waals surface area contributed by atoms with E-state index in [2.05, 4.69) is 15.2 Å². The monoisotopic (exact) mass is 519 g/mol. The van der Waals surface area contributed by atoms with Gasteiger partial charge in [-0.2, -0.15) is 0 Å².